The smallest absolute Gasteiger partial charge is 0.241 e. The van der Waals surface area contributed by atoms with Gasteiger partial charge in [-0.2, -0.15) is 9.97 Å². The fourth-order valence-corrected chi connectivity index (χ4v) is 5.66. The van der Waals surface area contributed by atoms with E-state index in [0.717, 1.165) is 55.4 Å². The Balaban J connectivity index is 1.45. The molecule has 0 saturated heterocycles. The average Bonchev–Trinajstić information content (AvgIpc) is 3.43. The minimum atomic E-state index is 0.461. The molecule has 0 unspecified atom stereocenters. The molecule has 43 heavy (non-hydrogen) atoms. The van der Waals surface area contributed by atoms with Crippen molar-refractivity contribution in [1.29, 1.82) is 0 Å². The maximum absolute atomic E-state index is 5.14. The van der Waals surface area contributed by atoms with Crippen LogP contribution in [0.1, 0.15) is 0 Å². The van der Waals surface area contributed by atoms with Gasteiger partial charge in [-0.3, -0.25) is 0 Å². The first-order valence-corrected chi connectivity index (χ1v) is 14.1. The Hall–Kier alpha value is -6.01. The van der Waals surface area contributed by atoms with Gasteiger partial charge in [-0.25, -0.2) is 19.5 Å². The molecule has 8 aromatic rings. The van der Waals surface area contributed by atoms with Crippen molar-refractivity contribution in [2.24, 2.45) is 0 Å². The zero-order chi connectivity index (χ0) is 28.6. The topological polar surface area (TPSA) is 69.4 Å². The van der Waals surface area contributed by atoms with Crippen molar-refractivity contribution in [2.45, 2.75) is 0 Å². The lowest BCUT2D eigenvalue weighted by molar-refractivity contribution is 0.935. The van der Waals surface area contributed by atoms with Crippen LogP contribution in [0.5, 0.6) is 0 Å². The number of hydrogen-bond donors (Lipinski definition) is 0. The zero-order valence-electron chi connectivity index (χ0n) is 23.0. The molecule has 0 saturated carbocycles. The summed E-state index contributed by atoms with van der Waals surface area (Å²) in [5.41, 5.74) is 7.58. The Kier molecular flexibility index (Phi) is 6.01. The van der Waals surface area contributed by atoms with E-state index < -0.39 is 0 Å². The second-order valence-corrected chi connectivity index (χ2v) is 10.2. The van der Waals surface area contributed by atoms with E-state index in [1.165, 1.54) is 0 Å². The molecule has 0 aliphatic carbocycles. The van der Waals surface area contributed by atoms with E-state index in [1.807, 2.05) is 77.4 Å². The van der Waals surface area contributed by atoms with Gasteiger partial charge in [-0.1, -0.05) is 109 Å². The number of aromatic nitrogens is 6. The van der Waals surface area contributed by atoms with Crippen LogP contribution >= 0.6 is 0 Å². The summed E-state index contributed by atoms with van der Waals surface area (Å²) >= 11 is 0. The van der Waals surface area contributed by atoms with Gasteiger partial charge in [-0.15, -0.1) is 0 Å². The molecule has 0 radical (unpaired) electrons. The van der Waals surface area contributed by atoms with Crippen LogP contribution in [0.25, 0.3) is 73.0 Å². The van der Waals surface area contributed by atoms with E-state index in [4.69, 9.17) is 24.9 Å². The predicted octanol–water partition coefficient (Wildman–Crippen LogP) is 8.43. The van der Waals surface area contributed by atoms with Gasteiger partial charge >= 0.3 is 0 Å². The number of benzene rings is 4. The van der Waals surface area contributed by atoms with Crippen LogP contribution in [0.3, 0.4) is 0 Å². The molecule has 4 aromatic heterocycles. The van der Waals surface area contributed by atoms with Crippen molar-refractivity contribution in [3.63, 3.8) is 0 Å². The molecule has 4 heterocycles. The second kappa shape index (κ2) is 10.4. The molecule has 0 aliphatic heterocycles. The van der Waals surface area contributed by atoms with Gasteiger partial charge in [0.05, 0.1) is 0 Å². The lowest BCUT2D eigenvalue weighted by atomic mass is 9.98. The molecule has 0 amide bonds. The van der Waals surface area contributed by atoms with Gasteiger partial charge in [0, 0.05) is 34.3 Å². The third kappa shape index (κ3) is 4.33. The third-order valence-corrected chi connectivity index (χ3v) is 7.62. The lowest BCUT2D eigenvalue weighted by Crippen LogP contribution is -2.08. The van der Waals surface area contributed by atoms with Crippen LogP contribution in [0.4, 0.5) is 0 Å². The molecule has 0 N–H and O–H groups in total. The van der Waals surface area contributed by atoms with Crippen LogP contribution in [-0.2, 0) is 0 Å². The summed E-state index contributed by atoms with van der Waals surface area (Å²) in [5.74, 6) is 1.61. The zero-order valence-corrected chi connectivity index (χ0v) is 23.0. The first kappa shape index (κ1) is 24.8. The van der Waals surface area contributed by atoms with Crippen LogP contribution in [-0.4, -0.2) is 29.5 Å². The quantitative estimate of drug-likeness (QED) is 0.214. The predicted molar refractivity (Wildman–Crippen MR) is 171 cm³/mol. The highest BCUT2D eigenvalue weighted by atomic mass is 15.2. The molecule has 6 nitrogen and oxygen atoms in total. The van der Waals surface area contributed by atoms with Crippen LogP contribution in [0.15, 0.2) is 146 Å². The lowest BCUT2D eigenvalue weighted by Gasteiger charge is -2.14. The minimum Gasteiger partial charge on any atom is -0.245 e. The van der Waals surface area contributed by atoms with E-state index in [9.17, 15) is 0 Å². The van der Waals surface area contributed by atoms with Crippen molar-refractivity contribution < 1.29 is 0 Å². The van der Waals surface area contributed by atoms with Gasteiger partial charge in [0.25, 0.3) is 0 Å². The Labute approximate surface area is 248 Å². The summed E-state index contributed by atoms with van der Waals surface area (Å²) in [4.78, 5) is 24.9. The molecule has 0 spiro atoms. The summed E-state index contributed by atoms with van der Waals surface area (Å²) in [5, 5.41) is 1.98. The number of rotatable bonds is 5. The summed E-state index contributed by atoms with van der Waals surface area (Å²) < 4.78 is 1.94. The van der Waals surface area contributed by atoms with Gasteiger partial charge in [-0.05, 0) is 46.5 Å². The average molecular weight is 553 g/mol. The molecular weight excluding hydrogens is 528 g/mol. The van der Waals surface area contributed by atoms with Crippen LogP contribution in [0, 0.1) is 0 Å². The maximum atomic E-state index is 5.14. The molecule has 0 fully saturated rings. The van der Waals surface area contributed by atoms with E-state index in [1.54, 1.807) is 12.4 Å². The summed E-state index contributed by atoms with van der Waals surface area (Å²) in [7, 11) is 0. The fraction of sp³-hybridized carbons (Fsp3) is 0. The number of fused-ring (bicyclic) bond motifs is 3. The molecular formula is C37H24N6. The highest BCUT2D eigenvalue weighted by Crippen LogP contribution is 2.35. The molecule has 6 heteroatoms. The summed E-state index contributed by atoms with van der Waals surface area (Å²) in [6, 6.07) is 45.1. The Morgan fingerprint density at radius 3 is 1.26 bits per heavy atom. The van der Waals surface area contributed by atoms with Crippen LogP contribution < -0.4 is 0 Å². The highest BCUT2D eigenvalue weighted by molar-refractivity contribution is 6.06. The van der Waals surface area contributed by atoms with Gasteiger partial charge < -0.3 is 0 Å². The Bertz CT molecular complexity index is 2090. The maximum Gasteiger partial charge on any atom is 0.241 e. The first-order chi connectivity index (χ1) is 21.3. The fourth-order valence-electron chi connectivity index (χ4n) is 5.66. The second-order valence-electron chi connectivity index (χ2n) is 10.2. The number of hydrogen-bond acceptors (Lipinski definition) is 5. The number of nitrogens with zero attached hydrogens (tertiary/aromatic N) is 6. The van der Waals surface area contributed by atoms with Crippen LogP contribution in [0.2, 0.25) is 0 Å². The monoisotopic (exact) mass is 552 g/mol. The molecule has 8 rings (SSSR count). The SMILES string of the molecule is c1ccc(-c2ccccc2-c2nc(-c3ccccc3-c3ccccc3)nc(-n3c4ncccc4c4cccnc43)n2)cc1. The van der Waals surface area contributed by atoms with E-state index in [2.05, 4.69) is 60.7 Å². The highest BCUT2D eigenvalue weighted by Gasteiger charge is 2.21. The van der Waals surface area contributed by atoms with Crippen molar-refractivity contribution in [1.82, 2.24) is 29.5 Å². The molecule has 0 atom stereocenters. The van der Waals surface area contributed by atoms with Crippen molar-refractivity contribution in [3.05, 3.63) is 146 Å². The molecule has 0 aliphatic rings. The Morgan fingerprint density at radius 1 is 0.372 bits per heavy atom. The standard InChI is InChI=1S/C37H24N6/c1-3-13-25(14-4-1)27-17-7-9-19-29(27)33-40-34(30-20-10-8-18-28(30)26-15-5-2-6-16-26)42-37(41-33)43-35-31(21-11-23-38-35)32-22-12-24-39-36(32)43/h1-24H. The normalized spacial score (nSPS) is 11.3. The molecule has 0 bridgehead atoms. The van der Waals surface area contributed by atoms with Gasteiger partial charge in [0.15, 0.2) is 11.6 Å². The van der Waals surface area contributed by atoms with Crippen molar-refractivity contribution in [2.75, 3.05) is 0 Å². The van der Waals surface area contributed by atoms with Crippen molar-refractivity contribution >= 4 is 22.1 Å². The third-order valence-electron chi connectivity index (χ3n) is 7.62. The minimum absolute atomic E-state index is 0.461. The van der Waals surface area contributed by atoms with Crippen molar-refractivity contribution in [3.8, 4) is 51.0 Å². The van der Waals surface area contributed by atoms with E-state index >= 15 is 0 Å². The summed E-state index contributed by atoms with van der Waals surface area (Å²) in [6.07, 6.45) is 3.58. The van der Waals surface area contributed by atoms with E-state index in [0.29, 0.717) is 17.6 Å². The van der Waals surface area contributed by atoms with E-state index in [-0.39, 0.29) is 0 Å². The number of pyridine rings is 2. The Morgan fingerprint density at radius 2 is 0.791 bits per heavy atom. The first-order valence-electron chi connectivity index (χ1n) is 14.1. The largest absolute Gasteiger partial charge is 0.245 e. The van der Waals surface area contributed by atoms with Gasteiger partial charge in [0.2, 0.25) is 5.95 Å². The molecule has 202 valence electrons. The van der Waals surface area contributed by atoms with Gasteiger partial charge in [0.1, 0.15) is 11.3 Å². The summed E-state index contributed by atoms with van der Waals surface area (Å²) in [6.45, 7) is 0. The molecule has 4 aromatic carbocycles.